The molecule has 0 heterocycles. The average molecular weight is 264 g/mol. The van der Waals surface area contributed by atoms with Crippen molar-refractivity contribution < 1.29 is 4.74 Å². The van der Waals surface area contributed by atoms with E-state index in [0.717, 1.165) is 19.7 Å². The van der Waals surface area contributed by atoms with Crippen molar-refractivity contribution in [3.8, 4) is 0 Å². The number of benzene rings is 1. The third kappa shape index (κ3) is 5.21. The molecule has 108 valence electrons. The molecule has 0 spiro atoms. The second kappa shape index (κ2) is 8.18. The zero-order valence-corrected chi connectivity index (χ0v) is 12.9. The fraction of sp³-hybridized carbons (Fsp3) is 0.625. The number of para-hydroxylation sites is 1. The number of anilines is 1. The fourth-order valence-electron chi connectivity index (χ4n) is 2.10. The van der Waals surface area contributed by atoms with Gasteiger partial charge >= 0.3 is 0 Å². The maximum Gasteiger partial charge on any atom is 0.0637 e. The summed E-state index contributed by atoms with van der Waals surface area (Å²) in [5, 5.41) is 3.49. The van der Waals surface area contributed by atoms with Gasteiger partial charge in [0.15, 0.2) is 0 Å². The Morgan fingerprint density at radius 1 is 1.16 bits per heavy atom. The van der Waals surface area contributed by atoms with Gasteiger partial charge in [-0.05, 0) is 25.5 Å². The summed E-state index contributed by atoms with van der Waals surface area (Å²) in [7, 11) is 1.75. The molecule has 19 heavy (non-hydrogen) atoms. The molecule has 1 aromatic rings. The van der Waals surface area contributed by atoms with E-state index in [1.165, 1.54) is 11.3 Å². The Hall–Kier alpha value is -1.06. The van der Waals surface area contributed by atoms with Gasteiger partial charge in [-0.25, -0.2) is 0 Å². The molecule has 0 saturated carbocycles. The van der Waals surface area contributed by atoms with Crippen LogP contribution >= 0.6 is 0 Å². The molecule has 0 aliphatic heterocycles. The van der Waals surface area contributed by atoms with Crippen LogP contribution in [0.1, 0.15) is 33.3 Å². The Morgan fingerprint density at radius 3 is 2.42 bits per heavy atom. The molecule has 1 rings (SSSR count). The van der Waals surface area contributed by atoms with Crippen molar-refractivity contribution in [2.24, 2.45) is 0 Å². The Balaban J connectivity index is 2.88. The van der Waals surface area contributed by atoms with E-state index in [1.54, 1.807) is 7.11 Å². The number of ether oxygens (including phenoxy) is 1. The Labute approximate surface area is 118 Å². The van der Waals surface area contributed by atoms with E-state index in [4.69, 9.17) is 4.74 Å². The number of hydrogen-bond donors (Lipinski definition) is 1. The van der Waals surface area contributed by atoms with Gasteiger partial charge in [0.05, 0.1) is 6.61 Å². The summed E-state index contributed by atoms with van der Waals surface area (Å²) < 4.78 is 5.22. The molecule has 0 aliphatic carbocycles. The van der Waals surface area contributed by atoms with Crippen LogP contribution in [0.15, 0.2) is 24.3 Å². The van der Waals surface area contributed by atoms with E-state index in [9.17, 15) is 0 Å². The molecule has 0 atom stereocenters. The van der Waals surface area contributed by atoms with Gasteiger partial charge in [-0.2, -0.15) is 0 Å². The highest BCUT2D eigenvalue weighted by molar-refractivity contribution is 5.54. The molecule has 0 unspecified atom stereocenters. The van der Waals surface area contributed by atoms with Crippen LogP contribution in [0.4, 0.5) is 5.69 Å². The zero-order chi connectivity index (χ0) is 14.3. The van der Waals surface area contributed by atoms with Crippen molar-refractivity contribution >= 4 is 5.69 Å². The van der Waals surface area contributed by atoms with Crippen LogP contribution < -0.4 is 10.2 Å². The van der Waals surface area contributed by atoms with Crippen molar-refractivity contribution in [1.82, 2.24) is 5.32 Å². The molecule has 0 saturated heterocycles. The van der Waals surface area contributed by atoms with Crippen LogP contribution in [0.3, 0.4) is 0 Å². The average Bonchev–Trinajstić information content (AvgIpc) is 2.37. The lowest BCUT2D eigenvalue weighted by atomic mass is 10.1. The van der Waals surface area contributed by atoms with Crippen LogP contribution in [0.5, 0.6) is 0 Å². The predicted molar refractivity (Wildman–Crippen MR) is 82.8 cm³/mol. The van der Waals surface area contributed by atoms with Crippen molar-refractivity contribution in [3.05, 3.63) is 29.8 Å². The summed E-state index contributed by atoms with van der Waals surface area (Å²) in [4.78, 5) is 2.40. The number of rotatable bonds is 8. The van der Waals surface area contributed by atoms with Gasteiger partial charge < -0.3 is 15.0 Å². The highest BCUT2D eigenvalue weighted by Gasteiger charge is 2.13. The SMILES string of the molecule is COCCN(c1ccccc1CNC(C)C)C(C)C. The standard InChI is InChI=1S/C16H28N2O/c1-13(2)17-12-15-8-6-7-9-16(15)18(14(3)4)10-11-19-5/h6-9,13-14,17H,10-12H2,1-5H3. The molecule has 1 aromatic carbocycles. The van der Waals surface area contributed by atoms with E-state index in [2.05, 4.69) is 62.2 Å². The smallest absolute Gasteiger partial charge is 0.0637 e. The molecule has 0 fully saturated rings. The number of methoxy groups -OCH3 is 1. The summed E-state index contributed by atoms with van der Waals surface area (Å²) in [6.45, 7) is 11.4. The van der Waals surface area contributed by atoms with Gasteiger partial charge in [-0.1, -0.05) is 32.0 Å². The fourth-order valence-corrected chi connectivity index (χ4v) is 2.10. The van der Waals surface area contributed by atoms with E-state index in [1.807, 2.05) is 0 Å². The van der Waals surface area contributed by atoms with Gasteiger partial charge in [0.2, 0.25) is 0 Å². The second-order valence-corrected chi connectivity index (χ2v) is 5.44. The summed E-state index contributed by atoms with van der Waals surface area (Å²) in [5.74, 6) is 0. The summed E-state index contributed by atoms with van der Waals surface area (Å²) in [6.07, 6.45) is 0. The molecule has 0 aliphatic rings. The largest absolute Gasteiger partial charge is 0.383 e. The Kier molecular flexibility index (Phi) is 6.89. The maximum atomic E-state index is 5.22. The minimum absolute atomic E-state index is 0.468. The van der Waals surface area contributed by atoms with Crippen LogP contribution in [-0.2, 0) is 11.3 Å². The lowest BCUT2D eigenvalue weighted by Crippen LogP contribution is -2.35. The van der Waals surface area contributed by atoms with Gasteiger partial charge in [-0.3, -0.25) is 0 Å². The lowest BCUT2D eigenvalue weighted by Gasteiger charge is -2.31. The van der Waals surface area contributed by atoms with Gasteiger partial charge in [0.25, 0.3) is 0 Å². The molecule has 0 aromatic heterocycles. The number of nitrogens with zero attached hydrogens (tertiary/aromatic N) is 1. The molecular formula is C16H28N2O. The number of hydrogen-bond acceptors (Lipinski definition) is 3. The molecule has 0 bridgehead atoms. The van der Waals surface area contributed by atoms with Crippen LogP contribution in [0, 0.1) is 0 Å². The van der Waals surface area contributed by atoms with Crippen molar-refractivity contribution in [3.63, 3.8) is 0 Å². The Morgan fingerprint density at radius 2 is 1.84 bits per heavy atom. The minimum Gasteiger partial charge on any atom is -0.383 e. The third-order valence-electron chi connectivity index (χ3n) is 3.16. The van der Waals surface area contributed by atoms with Crippen molar-refractivity contribution in [2.75, 3.05) is 25.2 Å². The summed E-state index contributed by atoms with van der Waals surface area (Å²) in [6, 6.07) is 9.58. The molecule has 3 nitrogen and oxygen atoms in total. The topological polar surface area (TPSA) is 24.5 Å². The third-order valence-corrected chi connectivity index (χ3v) is 3.16. The lowest BCUT2D eigenvalue weighted by molar-refractivity contribution is 0.204. The molecule has 0 radical (unpaired) electrons. The zero-order valence-electron chi connectivity index (χ0n) is 12.9. The van der Waals surface area contributed by atoms with Crippen molar-refractivity contribution in [1.29, 1.82) is 0 Å². The minimum atomic E-state index is 0.468. The Bertz CT molecular complexity index is 364. The summed E-state index contributed by atoms with van der Waals surface area (Å²) in [5.41, 5.74) is 2.66. The van der Waals surface area contributed by atoms with Crippen molar-refractivity contribution in [2.45, 2.75) is 46.3 Å². The highest BCUT2D eigenvalue weighted by Crippen LogP contribution is 2.22. The molecule has 3 heteroatoms. The van der Waals surface area contributed by atoms with Crippen LogP contribution in [0.25, 0.3) is 0 Å². The van der Waals surface area contributed by atoms with Gasteiger partial charge in [0.1, 0.15) is 0 Å². The van der Waals surface area contributed by atoms with E-state index < -0.39 is 0 Å². The first-order valence-corrected chi connectivity index (χ1v) is 7.13. The molecule has 0 amide bonds. The number of nitrogens with one attached hydrogen (secondary N) is 1. The van der Waals surface area contributed by atoms with Crippen LogP contribution in [-0.4, -0.2) is 32.3 Å². The van der Waals surface area contributed by atoms with E-state index in [-0.39, 0.29) is 0 Å². The monoisotopic (exact) mass is 264 g/mol. The molecule has 1 N–H and O–H groups in total. The van der Waals surface area contributed by atoms with E-state index >= 15 is 0 Å². The first-order chi connectivity index (χ1) is 9.06. The predicted octanol–water partition coefficient (Wildman–Crippen LogP) is 3.05. The second-order valence-electron chi connectivity index (χ2n) is 5.44. The quantitative estimate of drug-likeness (QED) is 0.781. The van der Waals surface area contributed by atoms with E-state index in [0.29, 0.717) is 12.1 Å². The van der Waals surface area contributed by atoms with Gasteiger partial charge in [-0.15, -0.1) is 0 Å². The first kappa shape index (κ1) is 16.0. The van der Waals surface area contributed by atoms with Crippen LogP contribution in [0.2, 0.25) is 0 Å². The molecular weight excluding hydrogens is 236 g/mol. The summed E-state index contributed by atoms with van der Waals surface area (Å²) >= 11 is 0. The normalized spacial score (nSPS) is 11.3. The maximum absolute atomic E-state index is 5.22. The van der Waals surface area contributed by atoms with Gasteiger partial charge in [0, 0.05) is 38.0 Å². The first-order valence-electron chi connectivity index (χ1n) is 7.13. The highest BCUT2D eigenvalue weighted by atomic mass is 16.5.